The molecule has 1 amide bonds. The first-order valence-electron chi connectivity index (χ1n) is 11.6. The van der Waals surface area contributed by atoms with Crippen molar-refractivity contribution in [2.24, 2.45) is 0 Å². The van der Waals surface area contributed by atoms with Crippen LogP contribution in [0.3, 0.4) is 0 Å². The van der Waals surface area contributed by atoms with Gasteiger partial charge in [0.15, 0.2) is 12.0 Å². The van der Waals surface area contributed by atoms with Gasteiger partial charge < -0.3 is 19.7 Å². The standard InChI is InChI=1S/C24H25F3N8O3/c1-24(2,3)38-23(36)34-7-6-19(17(25)12-34)37-18-5-4-14(8-15(18)9-28)20-29-13-30-22(33-20)32-16-10-31-35(11-16)21(26)27/h4-5,8,10-11,13,17,19,21H,6-7,12H2,1-3H3,(H,29,30,32,33). The average Bonchev–Trinajstić information content (AvgIpc) is 3.33. The fraction of sp³-hybridized carbons (Fsp3) is 0.417. The van der Waals surface area contributed by atoms with Gasteiger partial charge in [-0.1, -0.05) is 0 Å². The number of anilines is 2. The van der Waals surface area contributed by atoms with E-state index in [1.165, 1.54) is 29.6 Å². The summed E-state index contributed by atoms with van der Waals surface area (Å²) < 4.78 is 52.0. The van der Waals surface area contributed by atoms with E-state index in [1.807, 2.05) is 6.07 Å². The van der Waals surface area contributed by atoms with Crippen molar-refractivity contribution in [3.05, 3.63) is 42.5 Å². The summed E-state index contributed by atoms with van der Waals surface area (Å²) in [7, 11) is 0. The molecule has 0 spiro atoms. The van der Waals surface area contributed by atoms with Crippen LogP contribution in [0.5, 0.6) is 5.75 Å². The highest BCUT2D eigenvalue weighted by Gasteiger charge is 2.35. The molecule has 38 heavy (non-hydrogen) atoms. The second kappa shape index (κ2) is 10.9. The van der Waals surface area contributed by atoms with Crippen LogP contribution >= 0.6 is 0 Å². The minimum Gasteiger partial charge on any atom is -0.486 e. The summed E-state index contributed by atoms with van der Waals surface area (Å²) in [6.07, 6.45) is 0.829. The van der Waals surface area contributed by atoms with Gasteiger partial charge in [-0.25, -0.2) is 23.8 Å². The molecule has 2 unspecified atom stereocenters. The Kier molecular flexibility index (Phi) is 7.65. The van der Waals surface area contributed by atoms with E-state index in [2.05, 4.69) is 25.4 Å². The van der Waals surface area contributed by atoms with Crippen LogP contribution in [0.25, 0.3) is 11.4 Å². The third kappa shape index (κ3) is 6.47. The highest BCUT2D eigenvalue weighted by molar-refractivity contribution is 5.68. The molecule has 2 atom stereocenters. The first-order valence-corrected chi connectivity index (χ1v) is 11.6. The maximum atomic E-state index is 14.9. The molecule has 3 aromatic rings. The number of benzene rings is 1. The monoisotopic (exact) mass is 530 g/mol. The zero-order valence-electron chi connectivity index (χ0n) is 20.8. The molecule has 0 bridgehead atoms. The predicted molar refractivity (Wildman–Crippen MR) is 128 cm³/mol. The van der Waals surface area contributed by atoms with E-state index in [1.54, 1.807) is 26.8 Å². The lowest BCUT2D eigenvalue weighted by Gasteiger charge is -2.35. The second-order valence-corrected chi connectivity index (χ2v) is 9.45. The molecule has 3 heterocycles. The SMILES string of the molecule is CC(C)(C)OC(=O)N1CCC(Oc2ccc(-c3ncnc(Nc4cnn(C(F)F)c4)n3)cc2C#N)C(F)C1. The van der Waals surface area contributed by atoms with Gasteiger partial charge >= 0.3 is 12.6 Å². The summed E-state index contributed by atoms with van der Waals surface area (Å²) in [5.41, 5.74) is 0.158. The lowest BCUT2D eigenvalue weighted by Crippen LogP contribution is -2.50. The zero-order valence-corrected chi connectivity index (χ0v) is 20.8. The van der Waals surface area contributed by atoms with Crippen LogP contribution in [0.15, 0.2) is 36.9 Å². The van der Waals surface area contributed by atoms with Gasteiger partial charge in [-0.15, -0.1) is 0 Å². The Morgan fingerprint density at radius 1 is 1.29 bits per heavy atom. The van der Waals surface area contributed by atoms with Gasteiger partial charge in [0.25, 0.3) is 0 Å². The molecule has 4 rings (SSSR count). The summed E-state index contributed by atoms with van der Waals surface area (Å²) >= 11 is 0. The van der Waals surface area contributed by atoms with E-state index < -0.39 is 30.5 Å². The molecule has 11 nitrogen and oxygen atoms in total. The number of amides is 1. The van der Waals surface area contributed by atoms with Crippen LogP contribution in [0, 0.1) is 11.3 Å². The van der Waals surface area contributed by atoms with Gasteiger partial charge in [-0.3, -0.25) is 0 Å². The van der Waals surface area contributed by atoms with Gasteiger partial charge in [0.05, 0.1) is 30.2 Å². The second-order valence-electron chi connectivity index (χ2n) is 9.45. The fourth-order valence-corrected chi connectivity index (χ4v) is 3.66. The Labute approximate surface area is 216 Å². The van der Waals surface area contributed by atoms with E-state index in [4.69, 9.17) is 9.47 Å². The van der Waals surface area contributed by atoms with Crippen molar-refractivity contribution in [3.8, 4) is 23.2 Å². The van der Waals surface area contributed by atoms with E-state index >= 15 is 0 Å². The summed E-state index contributed by atoms with van der Waals surface area (Å²) in [6, 6.07) is 6.64. The first kappa shape index (κ1) is 26.6. The number of hydrogen-bond donors (Lipinski definition) is 1. The molecule has 1 saturated heterocycles. The van der Waals surface area contributed by atoms with E-state index in [9.17, 15) is 23.2 Å². The number of aromatic nitrogens is 5. The molecule has 1 aliphatic heterocycles. The molecule has 1 aliphatic rings. The van der Waals surface area contributed by atoms with Crippen molar-refractivity contribution < 1.29 is 27.4 Å². The first-order chi connectivity index (χ1) is 18.0. The van der Waals surface area contributed by atoms with Gasteiger partial charge in [0.1, 0.15) is 29.9 Å². The molecule has 1 N–H and O–H groups in total. The minimum atomic E-state index is -2.78. The third-order valence-corrected chi connectivity index (χ3v) is 5.40. The Balaban J connectivity index is 1.44. The number of carbonyl (C=O) groups excluding carboxylic acids is 1. The third-order valence-electron chi connectivity index (χ3n) is 5.40. The van der Waals surface area contributed by atoms with Crippen LogP contribution in [-0.4, -0.2) is 66.7 Å². The van der Waals surface area contributed by atoms with Crippen molar-refractivity contribution in [3.63, 3.8) is 0 Å². The summed E-state index contributed by atoms with van der Waals surface area (Å²) in [4.78, 5) is 25.9. The lowest BCUT2D eigenvalue weighted by atomic mass is 10.1. The molecule has 0 saturated carbocycles. The number of ether oxygens (including phenoxy) is 2. The maximum absolute atomic E-state index is 14.9. The van der Waals surface area contributed by atoms with Crippen LogP contribution in [-0.2, 0) is 4.74 Å². The molecular weight excluding hydrogens is 505 g/mol. The average molecular weight is 531 g/mol. The van der Waals surface area contributed by atoms with Crippen LogP contribution in [0.1, 0.15) is 39.3 Å². The smallest absolute Gasteiger partial charge is 0.410 e. The van der Waals surface area contributed by atoms with Gasteiger partial charge in [-0.2, -0.15) is 24.1 Å². The van der Waals surface area contributed by atoms with Crippen LogP contribution in [0.4, 0.5) is 29.6 Å². The van der Waals surface area contributed by atoms with E-state index in [0.717, 1.165) is 6.20 Å². The van der Waals surface area contributed by atoms with E-state index in [0.29, 0.717) is 10.2 Å². The number of alkyl halides is 3. The number of likely N-dealkylation sites (tertiary alicyclic amines) is 1. The lowest BCUT2D eigenvalue weighted by molar-refractivity contribution is -0.0106. The molecule has 0 aliphatic carbocycles. The summed E-state index contributed by atoms with van der Waals surface area (Å²) in [5.74, 6) is 0.474. The van der Waals surface area contributed by atoms with Gasteiger partial charge in [0, 0.05) is 18.5 Å². The van der Waals surface area contributed by atoms with Gasteiger partial charge in [0.2, 0.25) is 5.95 Å². The molecule has 2 aromatic heterocycles. The zero-order chi connectivity index (χ0) is 27.4. The van der Waals surface area contributed by atoms with Crippen LogP contribution < -0.4 is 10.1 Å². The summed E-state index contributed by atoms with van der Waals surface area (Å²) in [5, 5.41) is 16.0. The van der Waals surface area contributed by atoms with Gasteiger partial charge in [-0.05, 0) is 39.0 Å². The Bertz CT molecular complexity index is 1340. The topological polar surface area (TPSA) is 131 Å². The fourth-order valence-electron chi connectivity index (χ4n) is 3.66. The van der Waals surface area contributed by atoms with Crippen molar-refractivity contribution in [2.45, 2.75) is 51.6 Å². The molecule has 200 valence electrons. The number of nitrogens with zero attached hydrogens (tertiary/aromatic N) is 7. The number of nitriles is 1. The van der Waals surface area contributed by atoms with Crippen LogP contribution in [0.2, 0.25) is 0 Å². The van der Waals surface area contributed by atoms with Crippen molar-refractivity contribution >= 4 is 17.7 Å². The Morgan fingerprint density at radius 3 is 2.74 bits per heavy atom. The predicted octanol–water partition coefficient (Wildman–Crippen LogP) is 4.47. The molecular formula is C24H25F3N8O3. The highest BCUT2D eigenvalue weighted by atomic mass is 19.3. The largest absolute Gasteiger partial charge is 0.486 e. The Hall–Kier alpha value is -4.41. The molecule has 1 fully saturated rings. The minimum absolute atomic E-state index is 0.0830. The number of rotatable bonds is 6. The number of hydrogen-bond acceptors (Lipinski definition) is 9. The normalized spacial score (nSPS) is 17.7. The van der Waals surface area contributed by atoms with Crippen molar-refractivity contribution in [1.82, 2.24) is 29.6 Å². The molecule has 14 heteroatoms. The maximum Gasteiger partial charge on any atom is 0.410 e. The number of piperidine rings is 1. The Morgan fingerprint density at radius 2 is 2.08 bits per heavy atom. The van der Waals surface area contributed by atoms with Crippen molar-refractivity contribution in [2.75, 3.05) is 18.4 Å². The number of carbonyl (C=O) groups is 1. The summed E-state index contributed by atoms with van der Waals surface area (Å²) in [6.45, 7) is 2.49. The molecule has 1 aromatic carbocycles. The van der Waals surface area contributed by atoms with Crippen molar-refractivity contribution in [1.29, 1.82) is 5.26 Å². The quantitative estimate of drug-likeness (QED) is 0.490. The number of nitrogens with one attached hydrogen (secondary N) is 1. The number of halogens is 3. The molecule has 0 radical (unpaired) electrons. The van der Waals surface area contributed by atoms with E-state index in [-0.39, 0.29) is 48.3 Å². The highest BCUT2D eigenvalue weighted by Crippen LogP contribution is 2.29.